The molecule has 1 amide bonds. The average Bonchev–Trinajstić information content (AvgIpc) is 2.65. The van der Waals surface area contributed by atoms with Gasteiger partial charge in [-0.25, -0.2) is 4.68 Å². The van der Waals surface area contributed by atoms with E-state index in [2.05, 4.69) is 10.4 Å². The Labute approximate surface area is 151 Å². The Balaban J connectivity index is 1.78. The summed E-state index contributed by atoms with van der Waals surface area (Å²) in [5.41, 5.74) is 2.46. The fourth-order valence-electron chi connectivity index (χ4n) is 2.54. The van der Waals surface area contributed by atoms with Crippen LogP contribution in [0.1, 0.15) is 21.6 Å². The van der Waals surface area contributed by atoms with Crippen molar-refractivity contribution in [1.29, 1.82) is 0 Å². The number of methoxy groups -OCH3 is 1. The average molecular weight is 349 g/mol. The second-order valence-corrected chi connectivity index (χ2v) is 5.79. The predicted octanol–water partition coefficient (Wildman–Crippen LogP) is 2.69. The number of amides is 1. The summed E-state index contributed by atoms with van der Waals surface area (Å²) in [5, 5.41) is 6.99. The molecule has 3 rings (SSSR count). The van der Waals surface area contributed by atoms with Gasteiger partial charge in [-0.15, -0.1) is 0 Å². The monoisotopic (exact) mass is 349 g/mol. The molecule has 0 radical (unpaired) electrons. The van der Waals surface area contributed by atoms with Crippen LogP contribution in [0.2, 0.25) is 0 Å². The van der Waals surface area contributed by atoms with E-state index < -0.39 is 0 Å². The van der Waals surface area contributed by atoms with Gasteiger partial charge in [0.15, 0.2) is 0 Å². The molecule has 1 aromatic heterocycles. The first kappa shape index (κ1) is 17.6. The highest BCUT2D eigenvalue weighted by molar-refractivity contribution is 6.02. The normalized spacial score (nSPS) is 10.5. The molecule has 0 unspecified atom stereocenters. The van der Waals surface area contributed by atoms with Gasteiger partial charge in [0.1, 0.15) is 5.69 Å². The molecule has 0 saturated carbocycles. The Hall–Kier alpha value is -3.25. The summed E-state index contributed by atoms with van der Waals surface area (Å²) in [6, 6.07) is 19.7. The lowest BCUT2D eigenvalue weighted by Gasteiger charge is -2.09. The van der Waals surface area contributed by atoms with Crippen LogP contribution in [0.3, 0.4) is 0 Å². The molecule has 0 aliphatic rings. The highest BCUT2D eigenvalue weighted by atomic mass is 16.5. The van der Waals surface area contributed by atoms with E-state index in [9.17, 15) is 9.59 Å². The predicted molar refractivity (Wildman–Crippen MR) is 99.1 cm³/mol. The number of ether oxygens (including phenoxy) is 1. The molecule has 0 fully saturated rings. The molecule has 6 nitrogen and oxygen atoms in total. The summed E-state index contributed by atoms with van der Waals surface area (Å²) in [5.74, 6) is -0.374. The Kier molecular flexibility index (Phi) is 5.56. The van der Waals surface area contributed by atoms with Crippen LogP contribution in [0.15, 0.2) is 71.5 Å². The van der Waals surface area contributed by atoms with Crippen LogP contribution in [-0.2, 0) is 17.9 Å². The second kappa shape index (κ2) is 8.22. The van der Waals surface area contributed by atoms with Crippen molar-refractivity contribution in [3.63, 3.8) is 0 Å². The van der Waals surface area contributed by atoms with Crippen LogP contribution in [0, 0.1) is 0 Å². The van der Waals surface area contributed by atoms with Crippen LogP contribution in [0.5, 0.6) is 0 Å². The number of carbonyl (C=O) groups excluding carboxylic acids is 1. The van der Waals surface area contributed by atoms with Gasteiger partial charge in [0.25, 0.3) is 11.5 Å². The number of carbonyl (C=O) groups is 1. The minimum Gasteiger partial charge on any atom is -0.380 e. The van der Waals surface area contributed by atoms with E-state index in [1.54, 1.807) is 13.2 Å². The molecule has 132 valence electrons. The Bertz CT molecular complexity index is 952. The Morgan fingerprint density at radius 1 is 1.04 bits per heavy atom. The van der Waals surface area contributed by atoms with Crippen molar-refractivity contribution >= 4 is 11.6 Å². The van der Waals surface area contributed by atoms with Gasteiger partial charge in [-0.1, -0.05) is 42.5 Å². The largest absolute Gasteiger partial charge is 0.380 e. The zero-order valence-electron chi connectivity index (χ0n) is 14.4. The molecule has 0 bridgehead atoms. The molecule has 0 spiro atoms. The molecule has 0 atom stereocenters. The van der Waals surface area contributed by atoms with Gasteiger partial charge in [0.05, 0.1) is 13.2 Å². The summed E-state index contributed by atoms with van der Waals surface area (Å²) >= 11 is 0. The number of aromatic nitrogens is 2. The number of hydrogen-bond acceptors (Lipinski definition) is 4. The smallest absolute Gasteiger partial charge is 0.276 e. The summed E-state index contributed by atoms with van der Waals surface area (Å²) < 4.78 is 6.38. The fraction of sp³-hybridized carbons (Fsp3) is 0.150. The molecular weight excluding hydrogens is 330 g/mol. The van der Waals surface area contributed by atoms with Crippen molar-refractivity contribution in [3.8, 4) is 0 Å². The van der Waals surface area contributed by atoms with Crippen LogP contribution in [-0.4, -0.2) is 22.8 Å². The number of nitrogens with zero attached hydrogens (tertiary/aromatic N) is 2. The maximum Gasteiger partial charge on any atom is 0.276 e. The maximum absolute atomic E-state index is 12.5. The SMILES string of the molecule is COCc1cccc(NC(=O)c2ccc(=O)n(Cc3ccccc3)n2)c1. The first-order valence-corrected chi connectivity index (χ1v) is 8.17. The van der Waals surface area contributed by atoms with Gasteiger partial charge < -0.3 is 10.1 Å². The van der Waals surface area contributed by atoms with Gasteiger partial charge in [-0.2, -0.15) is 5.10 Å². The number of hydrogen-bond donors (Lipinski definition) is 1. The molecule has 3 aromatic rings. The zero-order chi connectivity index (χ0) is 18.4. The van der Waals surface area contributed by atoms with Gasteiger partial charge in [0.2, 0.25) is 0 Å². The number of nitrogens with one attached hydrogen (secondary N) is 1. The molecule has 0 saturated heterocycles. The van der Waals surface area contributed by atoms with Crippen LogP contribution >= 0.6 is 0 Å². The van der Waals surface area contributed by atoms with E-state index in [1.807, 2.05) is 48.5 Å². The van der Waals surface area contributed by atoms with Crippen molar-refractivity contribution in [3.05, 3.63) is 93.9 Å². The minimum atomic E-state index is -0.374. The molecule has 6 heteroatoms. The van der Waals surface area contributed by atoms with E-state index in [1.165, 1.54) is 16.8 Å². The fourth-order valence-corrected chi connectivity index (χ4v) is 2.54. The highest BCUT2D eigenvalue weighted by Crippen LogP contribution is 2.12. The van der Waals surface area contributed by atoms with E-state index in [0.29, 0.717) is 18.8 Å². The summed E-state index contributed by atoms with van der Waals surface area (Å²) in [7, 11) is 1.62. The lowest BCUT2D eigenvalue weighted by molar-refractivity contribution is 0.102. The third-order valence-electron chi connectivity index (χ3n) is 3.77. The number of anilines is 1. The van der Waals surface area contributed by atoms with Gasteiger partial charge in [-0.05, 0) is 29.3 Å². The van der Waals surface area contributed by atoms with E-state index in [4.69, 9.17) is 4.74 Å². The molecule has 0 aliphatic heterocycles. The Morgan fingerprint density at radius 3 is 2.58 bits per heavy atom. The maximum atomic E-state index is 12.5. The summed E-state index contributed by atoms with van der Waals surface area (Å²) in [4.78, 5) is 24.5. The van der Waals surface area contributed by atoms with E-state index in [-0.39, 0.29) is 17.2 Å². The van der Waals surface area contributed by atoms with E-state index >= 15 is 0 Å². The van der Waals surface area contributed by atoms with Gasteiger partial charge in [-0.3, -0.25) is 9.59 Å². The molecular formula is C20H19N3O3. The van der Waals surface area contributed by atoms with Crippen molar-refractivity contribution in [2.24, 2.45) is 0 Å². The molecule has 2 aromatic carbocycles. The minimum absolute atomic E-state index is 0.178. The summed E-state index contributed by atoms with van der Waals surface area (Å²) in [6.45, 7) is 0.772. The topological polar surface area (TPSA) is 73.2 Å². The third-order valence-corrected chi connectivity index (χ3v) is 3.77. The van der Waals surface area contributed by atoms with Gasteiger partial charge >= 0.3 is 0 Å². The van der Waals surface area contributed by atoms with Crippen LogP contribution in [0.25, 0.3) is 0 Å². The van der Waals surface area contributed by atoms with Crippen LogP contribution in [0.4, 0.5) is 5.69 Å². The van der Waals surface area contributed by atoms with Crippen LogP contribution < -0.4 is 10.9 Å². The molecule has 1 N–H and O–H groups in total. The first-order valence-electron chi connectivity index (χ1n) is 8.17. The Morgan fingerprint density at radius 2 is 1.81 bits per heavy atom. The zero-order valence-corrected chi connectivity index (χ0v) is 14.4. The standard InChI is InChI=1S/C20H19N3O3/c1-26-14-16-8-5-9-17(12-16)21-20(25)18-10-11-19(24)23(22-18)13-15-6-3-2-4-7-15/h2-12H,13-14H2,1H3,(H,21,25). The van der Waals surface area contributed by atoms with Crippen molar-refractivity contribution in [2.45, 2.75) is 13.2 Å². The summed E-state index contributed by atoms with van der Waals surface area (Å²) in [6.07, 6.45) is 0. The van der Waals surface area contributed by atoms with Crippen molar-refractivity contribution in [2.75, 3.05) is 12.4 Å². The lowest BCUT2D eigenvalue weighted by Crippen LogP contribution is -2.26. The molecule has 0 aliphatic carbocycles. The highest BCUT2D eigenvalue weighted by Gasteiger charge is 2.11. The lowest BCUT2D eigenvalue weighted by atomic mass is 10.2. The number of benzene rings is 2. The second-order valence-electron chi connectivity index (χ2n) is 5.79. The first-order chi connectivity index (χ1) is 12.7. The quantitative estimate of drug-likeness (QED) is 0.743. The number of rotatable bonds is 6. The van der Waals surface area contributed by atoms with Crippen molar-refractivity contribution < 1.29 is 9.53 Å². The van der Waals surface area contributed by atoms with E-state index in [0.717, 1.165) is 11.1 Å². The third kappa shape index (κ3) is 4.43. The molecule has 1 heterocycles. The van der Waals surface area contributed by atoms with Gasteiger partial charge in [0, 0.05) is 18.9 Å². The molecule has 26 heavy (non-hydrogen) atoms. The van der Waals surface area contributed by atoms with Crippen molar-refractivity contribution in [1.82, 2.24) is 9.78 Å².